The van der Waals surface area contributed by atoms with Crippen molar-refractivity contribution < 1.29 is 18.7 Å². The van der Waals surface area contributed by atoms with Crippen LogP contribution in [0.5, 0.6) is 17.4 Å². The van der Waals surface area contributed by atoms with E-state index in [2.05, 4.69) is 4.98 Å². The molecule has 0 spiro atoms. The van der Waals surface area contributed by atoms with Crippen LogP contribution in [-0.2, 0) is 6.54 Å². The minimum absolute atomic E-state index is 0.102. The normalized spacial score (nSPS) is 15.0. The van der Waals surface area contributed by atoms with Gasteiger partial charge < -0.3 is 23.2 Å². The molecule has 2 N–H and O–H groups in total. The zero-order chi connectivity index (χ0) is 18.4. The van der Waals surface area contributed by atoms with E-state index in [1.54, 1.807) is 47.7 Å². The molecule has 134 valence electrons. The van der Waals surface area contributed by atoms with Gasteiger partial charge in [-0.2, -0.15) is 0 Å². The fourth-order valence-corrected chi connectivity index (χ4v) is 3.40. The van der Waals surface area contributed by atoms with E-state index in [1.807, 2.05) is 18.2 Å². The fraction of sp³-hybridized carbons (Fsp3) is 0.100. The van der Waals surface area contributed by atoms with Crippen LogP contribution in [0.3, 0.4) is 0 Å². The maximum absolute atomic E-state index is 9.82. The highest BCUT2D eigenvalue weighted by Crippen LogP contribution is 2.45. The molecule has 4 aromatic rings. The van der Waals surface area contributed by atoms with Crippen LogP contribution in [0.25, 0.3) is 0 Å². The molecule has 4 heterocycles. The van der Waals surface area contributed by atoms with Gasteiger partial charge in [0.15, 0.2) is 0 Å². The molecular formula is C20H15N3O4. The molecule has 0 aliphatic carbocycles. The molecular weight excluding hydrogens is 346 g/mol. The van der Waals surface area contributed by atoms with Crippen molar-refractivity contribution in [2.75, 3.05) is 0 Å². The summed E-state index contributed by atoms with van der Waals surface area (Å²) in [6.45, 7) is 0.388. The van der Waals surface area contributed by atoms with Crippen LogP contribution in [-0.4, -0.2) is 14.7 Å². The summed E-state index contributed by atoms with van der Waals surface area (Å²) in [7, 11) is 0. The first-order chi connectivity index (χ1) is 13.2. The maximum Gasteiger partial charge on any atom is 0.228 e. The van der Waals surface area contributed by atoms with Crippen LogP contribution < -0.4 is 10.2 Å². The Labute approximate surface area is 153 Å². The van der Waals surface area contributed by atoms with Crippen LogP contribution in [0.15, 0.2) is 70.2 Å². The van der Waals surface area contributed by atoms with E-state index < -0.39 is 0 Å². The first kappa shape index (κ1) is 15.5. The number of benzene rings is 1. The predicted molar refractivity (Wildman–Crippen MR) is 93.7 cm³/mol. The summed E-state index contributed by atoms with van der Waals surface area (Å²) in [5, 5.41) is 18.6. The topological polar surface area (TPSA) is 97.4 Å². The fourth-order valence-electron chi connectivity index (χ4n) is 3.40. The lowest BCUT2D eigenvalue weighted by atomic mass is 9.87. The van der Waals surface area contributed by atoms with Crippen LogP contribution in [0.2, 0.25) is 0 Å². The predicted octanol–water partition coefficient (Wildman–Crippen LogP) is 3.59. The molecule has 7 heteroatoms. The van der Waals surface area contributed by atoms with E-state index >= 15 is 0 Å². The van der Waals surface area contributed by atoms with Crippen molar-refractivity contribution >= 4 is 0 Å². The number of nitrogens with one attached hydrogen (secondary N) is 1. The highest BCUT2D eigenvalue weighted by atomic mass is 16.5. The Balaban J connectivity index is 1.70. The third-order valence-corrected chi connectivity index (χ3v) is 4.62. The van der Waals surface area contributed by atoms with Crippen molar-refractivity contribution in [1.82, 2.24) is 9.55 Å². The molecule has 0 bridgehead atoms. The Hall–Kier alpha value is -3.74. The second-order valence-electron chi connectivity index (χ2n) is 6.29. The average molecular weight is 361 g/mol. The number of aromatic nitrogens is 2. The highest BCUT2D eigenvalue weighted by Gasteiger charge is 2.34. The van der Waals surface area contributed by atoms with E-state index in [0.29, 0.717) is 29.5 Å². The number of aromatic hydroxyl groups is 1. The Kier molecular flexibility index (Phi) is 3.39. The highest BCUT2D eigenvalue weighted by molar-refractivity contribution is 5.55. The average Bonchev–Trinajstić information content (AvgIpc) is 3.36. The molecule has 5 rings (SSSR count). The molecule has 0 fully saturated rings. The standard InChI is InChI=1S/C20H15N3O4/c21-19-18-17(15-4-2-8-26-15)14-6-5-12(24)9-16(14)27-20(18)22-11-23(19)10-13-3-1-7-25-13/h1-9,11,17,21,24H,10H2/t17-/m1/s1. The maximum atomic E-state index is 9.82. The van der Waals surface area contributed by atoms with Gasteiger partial charge in [0.2, 0.25) is 5.88 Å². The number of ether oxygens (including phenoxy) is 1. The quantitative estimate of drug-likeness (QED) is 0.512. The summed E-state index contributed by atoms with van der Waals surface area (Å²) in [6.07, 6.45) is 4.75. The van der Waals surface area contributed by atoms with E-state index in [-0.39, 0.29) is 17.2 Å². The van der Waals surface area contributed by atoms with E-state index in [1.165, 1.54) is 0 Å². The molecule has 3 aromatic heterocycles. The molecule has 1 atom stereocenters. The number of rotatable bonds is 3. The minimum Gasteiger partial charge on any atom is -0.508 e. The van der Waals surface area contributed by atoms with Crippen LogP contribution in [0, 0.1) is 5.41 Å². The number of nitrogens with zero attached hydrogens (tertiary/aromatic N) is 2. The number of phenolic OH excluding ortho intramolecular Hbond substituents is 1. The molecule has 0 saturated carbocycles. The summed E-state index contributed by atoms with van der Waals surface area (Å²) < 4.78 is 18.6. The van der Waals surface area contributed by atoms with E-state index in [4.69, 9.17) is 19.0 Å². The lowest BCUT2D eigenvalue weighted by Crippen LogP contribution is -2.29. The third kappa shape index (κ3) is 2.52. The van der Waals surface area contributed by atoms with Gasteiger partial charge in [0.05, 0.1) is 30.6 Å². The van der Waals surface area contributed by atoms with Gasteiger partial charge in [-0.25, -0.2) is 4.98 Å². The van der Waals surface area contributed by atoms with E-state index in [9.17, 15) is 5.11 Å². The van der Waals surface area contributed by atoms with Crippen molar-refractivity contribution in [3.05, 3.63) is 89.5 Å². The molecule has 0 radical (unpaired) electrons. The van der Waals surface area contributed by atoms with Crippen LogP contribution in [0.4, 0.5) is 0 Å². The second-order valence-corrected chi connectivity index (χ2v) is 6.29. The molecule has 1 aromatic carbocycles. The molecule has 0 saturated heterocycles. The lowest BCUT2D eigenvalue weighted by Gasteiger charge is -2.27. The van der Waals surface area contributed by atoms with Crippen molar-refractivity contribution in [1.29, 1.82) is 5.41 Å². The Morgan fingerprint density at radius 2 is 1.96 bits per heavy atom. The third-order valence-electron chi connectivity index (χ3n) is 4.62. The van der Waals surface area contributed by atoms with E-state index in [0.717, 1.165) is 11.3 Å². The summed E-state index contributed by atoms with van der Waals surface area (Å²) in [4.78, 5) is 4.41. The zero-order valence-corrected chi connectivity index (χ0v) is 14.1. The molecule has 0 amide bonds. The van der Waals surface area contributed by atoms with Gasteiger partial charge >= 0.3 is 0 Å². The first-order valence-corrected chi connectivity index (χ1v) is 8.41. The largest absolute Gasteiger partial charge is 0.508 e. The summed E-state index contributed by atoms with van der Waals surface area (Å²) in [5.41, 5.74) is 1.68. The summed E-state index contributed by atoms with van der Waals surface area (Å²) in [6, 6.07) is 12.3. The zero-order valence-electron chi connectivity index (χ0n) is 14.1. The summed E-state index contributed by atoms with van der Waals surface area (Å²) in [5.74, 6) is 1.98. The number of hydrogen-bond acceptors (Lipinski definition) is 6. The smallest absolute Gasteiger partial charge is 0.228 e. The van der Waals surface area contributed by atoms with Gasteiger partial charge in [-0.15, -0.1) is 0 Å². The summed E-state index contributed by atoms with van der Waals surface area (Å²) >= 11 is 0. The Morgan fingerprint density at radius 3 is 2.74 bits per heavy atom. The van der Waals surface area contributed by atoms with Crippen molar-refractivity contribution in [3.63, 3.8) is 0 Å². The van der Waals surface area contributed by atoms with Crippen molar-refractivity contribution in [2.45, 2.75) is 12.5 Å². The van der Waals surface area contributed by atoms with Gasteiger partial charge in [-0.05, 0) is 30.3 Å². The molecule has 27 heavy (non-hydrogen) atoms. The monoisotopic (exact) mass is 361 g/mol. The molecule has 1 aliphatic heterocycles. The Bertz CT molecular complexity index is 1160. The Morgan fingerprint density at radius 1 is 1.11 bits per heavy atom. The molecule has 1 aliphatic rings. The van der Waals surface area contributed by atoms with Crippen LogP contribution >= 0.6 is 0 Å². The lowest BCUT2D eigenvalue weighted by molar-refractivity contribution is 0.399. The van der Waals surface area contributed by atoms with Gasteiger partial charge in [-0.3, -0.25) is 5.41 Å². The van der Waals surface area contributed by atoms with Crippen LogP contribution in [0.1, 0.15) is 28.6 Å². The number of fused-ring (bicyclic) bond motifs is 2. The second kappa shape index (κ2) is 5.91. The van der Waals surface area contributed by atoms with Gasteiger partial charge in [0.25, 0.3) is 0 Å². The molecule has 0 unspecified atom stereocenters. The minimum atomic E-state index is -0.358. The van der Waals surface area contributed by atoms with Crippen molar-refractivity contribution in [3.8, 4) is 17.4 Å². The van der Waals surface area contributed by atoms with Gasteiger partial charge in [-0.1, -0.05) is 6.07 Å². The van der Waals surface area contributed by atoms with Gasteiger partial charge in [0, 0.05) is 11.6 Å². The van der Waals surface area contributed by atoms with Gasteiger partial charge in [0.1, 0.15) is 34.8 Å². The first-order valence-electron chi connectivity index (χ1n) is 8.41. The number of hydrogen-bond donors (Lipinski definition) is 2. The SMILES string of the molecule is N=c1c2c(ncn1Cc1ccco1)Oc1cc(O)ccc1[C@@H]2c1ccco1. The number of furan rings is 2. The van der Waals surface area contributed by atoms with Crippen molar-refractivity contribution in [2.24, 2.45) is 0 Å². The number of phenols is 1. The molecule has 7 nitrogen and oxygen atoms in total.